The second-order valence-corrected chi connectivity index (χ2v) is 10.2. The summed E-state index contributed by atoms with van der Waals surface area (Å²) in [5, 5.41) is 10.3. The summed E-state index contributed by atoms with van der Waals surface area (Å²) >= 11 is 1.54. The fraction of sp³-hybridized carbons (Fsp3) is 0.417. The lowest BCUT2D eigenvalue weighted by Crippen LogP contribution is -2.30. The normalized spacial score (nSPS) is 19.6. The van der Waals surface area contributed by atoms with Gasteiger partial charge in [0.2, 0.25) is 5.92 Å². The van der Waals surface area contributed by atoms with E-state index in [0.717, 1.165) is 34.3 Å². The van der Waals surface area contributed by atoms with E-state index in [-0.39, 0.29) is 29.3 Å². The number of alkyl halides is 2. The van der Waals surface area contributed by atoms with Gasteiger partial charge in [-0.05, 0) is 49.9 Å². The van der Waals surface area contributed by atoms with Crippen molar-refractivity contribution in [1.82, 2.24) is 9.55 Å². The fourth-order valence-electron chi connectivity index (χ4n) is 4.26. The van der Waals surface area contributed by atoms with E-state index in [2.05, 4.69) is 11.1 Å². The Kier molecular flexibility index (Phi) is 5.05. The predicted octanol–water partition coefficient (Wildman–Crippen LogP) is 5.64. The van der Waals surface area contributed by atoms with Gasteiger partial charge in [0.05, 0.1) is 12.2 Å². The van der Waals surface area contributed by atoms with Crippen LogP contribution in [-0.2, 0) is 7.05 Å². The third kappa shape index (κ3) is 3.90. The quantitative estimate of drug-likeness (QED) is 0.541. The molecule has 0 atom stereocenters. The molecule has 0 radical (unpaired) electrons. The zero-order chi connectivity index (χ0) is 22.5. The summed E-state index contributed by atoms with van der Waals surface area (Å²) in [6, 6.07) is 10.0. The predicted molar refractivity (Wildman–Crippen MR) is 120 cm³/mol. The molecule has 2 fully saturated rings. The minimum Gasteiger partial charge on any atom is -0.490 e. The molecule has 0 aliphatic heterocycles. The Balaban J connectivity index is 1.57. The molecule has 3 aromatic rings. The van der Waals surface area contributed by atoms with Crippen LogP contribution in [0.3, 0.4) is 0 Å². The minimum atomic E-state index is -2.62. The van der Waals surface area contributed by atoms with Crippen LogP contribution in [-0.4, -0.2) is 26.3 Å². The minimum absolute atomic E-state index is 0.127. The summed E-state index contributed by atoms with van der Waals surface area (Å²) in [5.74, 6) is -2.01. The number of H-pyrrole nitrogens is 1. The van der Waals surface area contributed by atoms with Gasteiger partial charge in [-0.2, -0.15) is 5.26 Å². The molecular formula is C24H23F2N3O2S. The summed E-state index contributed by atoms with van der Waals surface area (Å²) in [6.45, 7) is 0. The highest BCUT2D eigenvalue weighted by atomic mass is 32.2. The first-order valence-corrected chi connectivity index (χ1v) is 11.6. The first kappa shape index (κ1) is 21.1. The van der Waals surface area contributed by atoms with Crippen molar-refractivity contribution in [2.75, 3.05) is 0 Å². The number of hydrogen-bond acceptors (Lipinski definition) is 4. The molecule has 2 aliphatic carbocycles. The molecule has 32 heavy (non-hydrogen) atoms. The molecule has 2 aromatic heterocycles. The maximum Gasteiger partial charge on any atom is 0.274 e. The molecule has 0 amide bonds. The van der Waals surface area contributed by atoms with E-state index in [1.807, 2.05) is 24.3 Å². The monoisotopic (exact) mass is 455 g/mol. The number of rotatable bonds is 5. The van der Waals surface area contributed by atoms with Gasteiger partial charge in [-0.3, -0.25) is 4.79 Å². The van der Waals surface area contributed by atoms with Gasteiger partial charge < -0.3 is 14.3 Å². The Bertz CT molecular complexity index is 1280. The van der Waals surface area contributed by atoms with Gasteiger partial charge in [0.15, 0.2) is 0 Å². The second-order valence-electron chi connectivity index (χ2n) is 8.76. The number of nitrogens with one attached hydrogen (secondary N) is 1. The number of fused-ring (bicyclic) bond motifs is 1. The highest BCUT2D eigenvalue weighted by Crippen LogP contribution is 2.52. The first-order valence-electron chi connectivity index (χ1n) is 10.8. The van der Waals surface area contributed by atoms with E-state index in [0.29, 0.717) is 24.1 Å². The van der Waals surface area contributed by atoms with Gasteiger partial charge in [0, 0.05) is 53.7 Å². The third-order valence-electron chi connectivity index (χ3n) is 6.31. The number of aromatic amines is 1. The summed E-state index contributed by atoms with van der Waals surface area (Å²) in [6.07, 6.45) is 5.20. The summed E-state index contributed by atoms with van der Waals surface area (Å²) in [5.41, 5.74) is 1.99. The molecule has 2 aliphatic rings. The van der Waals surface area contributed by atoms with Crippen LogP contribution in [0.2, 0.25) is 0 Å². The highest BCUT2D eigenvalue weighted by molar-refractivity contribution is 8.01. The van der Waals surface area contributed by atoms with E-state index in [4.69, 9.17) is 4.74 Å². The molecular weight excluding hydrogens is 432 g/mol. The number of hydrogen-bond donors (Lipinski definition) is 1. The molecule has 8 heteroatoms. The SMILES string of the molecule is Cn1cc(-c2cc(SC3(C#N)CC3)ccc2OC2CCC(F)(F)CC2)c2cc[nH]c2c1=O. The zero-order valence-electron chi connectivity index (χ0n) is 17.7. The van der Waals surface area contributed by atoms with Gasteiger partial charge in [-0.1, -0.05) is 0 Å². The molecule has 0 bridgehead atoms. The Morgan fingerprint density at radius 3 is 2.62 bits per heavy atom. The van der Waals surface area contributed by atoms with Crippen molar-refractivity contribution in [2.45, 2.75) is 60.2 Å². The third-order valence-corrected chi connectivity index (χ3v) is 7.69. The van der Waals surface area contributed by atoms with Crippen molar-refractivity contribution in [1.29, 1.82) is 5.26 Å². The smallest absolute Gasteiger partial charge is 0.274 e. The molecule has 1 aromatic carbocycles. The largest absolute Gasteiger partial charge is 0.490 e. The van der Waals surface area contributed by atoms with Crippen LogP contribution >= 0.6 is 11.8 Å². The van der Waals surface area contributed by atoms with Crippen LogP contribution in [0.1, 0.15) is 38.5 Å². The fourth-order valence-corrected chi connectivity index (χ4v) is 5.37. The Hall–Kier alpha value is -2.79. The lowest BCUT2D eigenvalue weighted by molar-refractivity contribution is -0.0581. The van der Waals surface area contributed by atoms with Crippen LogP contribution < -0.4 is 10.3 Å². The molecule has 2 heterocycles. The molecule has 2 saturated carbocycles. The highest BCUT2D eigenvalue weighted by Gasteiger charge is 2.44. The maximum absolute atomic E-state index is 13.6. The van der Waals surface area contributed by atoms with Crippen LogP contribution in [0.5, 0.6) is 5.75 Å². The summed E-state index contributed by atoms with van der Waals surface area (Å²) in [7, 11) is 1.70. The second kappa shape index (κ2) is 7.66. The first-order chi connectivity index (χ1) is 15.3. The average molecular weight is 456 g/mol. The van der Waals surface area contributed by atoms with Crippen molar-refractivity contribution in [3.63, 3.8) is 0 Å². The van der Waals surface area contributed by atoms with Gasteiger partial charge >= 0.3 is 0 Å². The van der Waals surface area contributed by atoms with Crippen molar-refractivity contribution < 1.29 is 13.5 Å². The van der Waals surface area contributed by atoms with E-state index in [9.17, 15) is 18.8 Å². The number of aryl methyl sites for hydroxylation is 1. The van der Waals surface area contributed by atoms with Gasteiger partial charge in [-0.15, -0.1) is 11.8 Å². The Labute approximate surface area is 188 Å². The average Bonchev–Trinajstić information content (AvgIpc) is 3.36. The van der Waals surface area contributed by atoms with E-state index in [1.54, 1.807) is 31.2 Å². The summed E-state index contributed by atoms with van der Waals surface area (Å²) in [4.78, 5) is 16.5. The van der Waals surface area contributed by atoms with Crippen LogP contribution in [0, 0.1) is 11.3 Å². The number of aromatic nitrogens is 2. The van der Waals surface area contributed by atoms with Crippen molar-refractivity contribution >= 4 is 22.7 Å². The van der Waals surface area contributed by atoms with Gasteiger partial charge in [-0.25, -0.2) is 8.78 Å². The zero-order valence-corrected chi connectivity index (χ0v) is 18.5. The van der Waals surface area contributed by atoms with Gasteiger partial charge in [0.1, 0.15) is 16.0 Å². The molecule has 166 valence electrons. The number of nitrogens with zero attached hydrogens (tertiary/aromatic N) is 2. The number of benzene rings is 1. The number of thioether (sulfide) groups is 1. The topological polar surface area (TPSA) is 70.8 Å². The number of nitriles is 1. The lowest BCUT2D eigenvalue weighted by Gasteiger charge is -2.29. The van der Waals surface area contributed by atoms with E-state index < -0.39 is 5.92 Å². The lowest BCUT2D eigenvalue weighted by atomic mass is 9.94. The molecule has 0 saturated heterocycles. The van der Waals surface area contributed by atoms with Gasteiger partial charge in [0.25, 0.3) is 5.56 Å². The Morgan fingerprint density at radius 1 is 1.19 bits per heavy atom. The van der Waals surface area contributed by atoms with Crippen molar-refractivity contribution in [3.8, 4) is 22.9 Å². The molecule has 1 N–H and O–H groups in total. The van der Waals surface area contributed by atoms with Crippen LogP contribution in [0.4, 0.5) is 8.78 Å². The maximum atomic E-state index is 13.6. The standard InChI is InChI=1S/C24H23F2N3O2S/c1-29-13-19(17-6-11-28-21(17)22(29)30)18-12-16(32-23(14-27)9-10-23)2-3-20(18)31-15-4-7-24(25,26)8-5-15/h2-3,6,11-13,15,28H,4-5,7-10H2,1H3. The van der Waals surface area contributed by atoms with E-state index in [1.165, 1.54) is 4.57 Å². The van der Waals surface area contributed by atoms with Crippen LogP contribution in [0.25, 0.3) is 22.0 Å². The molecule has 5 rings (SSSR count). The number of pyridine rings is 1. The van der Waals surface area contributed by atoms with Crippen molar-refractivity contribution in [2.24, 2.45) is 7.05 Å². The molecule has 5 nitrogen and oxygen atoms in total. The number of ether oxygens (including phenoxy) is 1. The molecule has 0 unspecified atom stereocenters. The van der Waals surface area contributed by atoms with E-state index >= 15 is 0 Å². The molecule has 0 spiro atoms. The number of halogens is 2. The Morgan fingerprint density at radius 2 is 1.94 bits per heavy atom. The van der Waals surface area contributed by atoms with Crippen LogP contribution in [0.15, 0.2) is 46.3 Å². The summed E-state index contributed by atoms with van der Waals surface area (Å²) < 4.78 is 34.6. The van der Waals surface area contributed by atoms with Crippen molar-refractivity contribution in [3.05, 3.63) is 47.0 Å².